The largest absolute Gasteiger partial charge is 0.372 e. The summed E-state index contributed by atoms with van der Waals surface area (Å²) in [5, 5.41) is 11.5. The average Bonchev–Trinajstić information content (AvgIpc) is 3.03. The van der Waals surface area contributed by atoms with Gasteiger partial charge >= 0.3 is 0 Å². The van der Waals surface area contributed by atoms with E-state index in [-0.39, 0.29) is 30.0 Å². The molecule has 3 rings (SSSR count). The van der Waals surface area contributed by atoms with Crippen LogP contribution in [0.15, 0.2) is 29.3 Å². The minimum absolute atomic E-state index is 0. The number of rotatable bonds is 7. The second-order valence-electron chi connectivity index (χ2n) is 9.02. The molecule has 32 heavy (non-hydrogen) atoms. The Morgan fingerprint density at radius 1 is 1.19 bits per heavy atom. The predicted octanol–water partition coefficient (Wildman–Crippen LogP) is 4.72. The molecule has 1 fully saturated rings. The summed E-state index contributed by atoms with van der Waals surface area (Å²) in [6.07, 6.45) is 7.68. The topological polar surface area (TPSA) is 57.5 Å². The molecule has 2 N–H and O–H groups in total. The molecule has 1 saturated carbocycles. The smallest absolute Gasteiger partial charge is 0.191 e. The Labute approximate surface area is 211 Å². The number of hydrogen-bond acceptors (Lipinski definition) is 3. The lowest BCUT2D eigenvalue weighted by Gasteiger charge is -2.33. The molecule has 1 heterocycles. The maximum absolute atomic E-state index is 4.53. The molecule has 178 valence electrons. The number of aliphatic imine (C=N–C) groups is 1. The van der Waals surface area contributed by atoms with E-state index in [1.165, 1.54) is 54.6 Å². The summed E-state index contributed by atoms with van der Waals surface area (Å²) in [5.41, 5.74) is 6.22. The van der Waals surface area contributed by atoms with Crippen molar-refractivity contribution in [3.8, 4) is 0 Å². The monoisotopic (exact) mass is 552 g/mol. The molecule has 0 radical (unpaired) electrons. The lowest BCUT2D eigenvalue weighted by Crippen LogP contribution is -2.42. The van der Waals surface area contributed by atoms with E-state index >= 15 is 0 Å². The maximum atomic E-state index is 4.53. The Kier molecular flexibility index (Phi) is 10.3. The van der Waals surface area contributed by atoms with Gasteiger partial charge in [-0.1, -0.05) is 31.4 Å². The second-order valence-corrected chi connectivity index (χ2v) is 9.02. The molecule has 1 aliphatic rings. The van der Waals surface area contributed by atoms with E-state index in [4.69, 9.17) is 0 Å². The van der Waals surface area contributed by atoms with Gasteiger partial charge in [-0.3, -0.25) is 9.67 Å². The summed E-state index contributed by atoms with van der Waals surface area (Å²) in [5.74, 6) is 0.829. The number of nitrogens with zero attached hydrogens (tertiary/aromatic N) is 4. The number of benzene rings is 1. The Morgan fingerprint density at radius 3 is 2.41 bits per heavy atom. The van der Waals surface area contributed by atoms with Gasteiger partial charge in [-0.25, -0.2) is 0 Å². The Bertz CT molecular complexity index is 867. The van der Waals surface area contributed by atoms with Crippen LogP contribution in [0.5, 0.6) is 0 Å². The van der Waals surface area contributed by atoms with E-state index in [1.54, 1.807) is 0 Å². The summed E-state index contributed by atoms with van der Waals surface area (Å²) in [4.78, 5) is 6.87. The lowest BCUT2D eigenvalue weighted by molar-refractivity contribution is 0.427. The molecule has 0 saturated heterocycles. The highest BCUT2D eigenvalue weighted by Crippen LogP contribution is 2.26. The van der Waals surface area contributed by atoms with Gasteiger partial charge in [-0.05, 0) is 63.3 Å². The predicted molar refractivity (Wildman–Crippen MR) is 146 cm³/mol. The highest BCUT2D eigenvalue weighted by Gasteiger charge is 2.18. The zero-order valence-corrected chi connectivity index (χ0v) is 22.9. The Morgan fingerprint density at radius 2 is 1.84 bits per heavy atom. The molecule has 1 aromatic heterocycles. The lowest BCUT2D eigenvalue weighted by atomic mass is 9.94. The van der Waals surface area contributed by atoms with Crippen LogP contribution in [0.25, 0.3) is 0 Å². The van der Waals surface area contributed by atoms with Gasteiger partial charge in [-0.2, -0.15) is 5.10 Å². The first-order valence-electron chi connectivity index (χ1n) is 11.7. The first kappa shape index (κ1) is 26.5. The molecule has 0 bridgehead atoms. The molecular weight excluding hydrogens is 511 g/mol. The normalized spacial score (nSPS) is 15.8. The van der Waals surface area contributed by atoms with Crippen molar-refractivity contribution in [2.75, 3.05) is 19.0 Å². The van der Waals surface area contributed by atoms with Crippen LogP contribution in [0.2, 0.25) is 0 Å². The van der Waals surface area contributed by atoms with Crippen molar-refractivity contribution in [3.63, 3.8) is 0 Å². The third-order valence-corrected chi connectivity index (χ3v) is 6.70. The minimum atomic E-state index is 0. The number of aromatic nitrogens is 2. The van der Waals surface area contributed by atoms with Crippen LogP contribution >= 0.6 is 24.0 Å². The van der Waals surface area contributed by atoms with Gasteiger partial charge in [0.15, 0.2) is 5.96 Å². The van der Waals surface area contributed by atoms with Gasteiger partial charge in [0.2, 0.25) is 0 Å². The third-order valence-electron chi connectivity index (χ3n) is 6.70. The molecule has 1 unspecified atom stereocenters. The summed E-state index contributed by atoms with van der Waals surface area (Å²) in [7, 11) is 6.07. The van der Waals surface area contributed by atoms with Crippen LogP contribution in [0.3, 0.4) is 0 Å². The molecule has 2 aromatic rings. The molecule has 0 aliphatic heterocycles. The van der Waals surface area contributed by atoms with Gasteiger partial charge in [0.25, 0.3) is 0 Å². The minimum Gasteiger partial charge on any atom is -0.372 e. The molecule has 7 heteroatoms. The number of halogens is 1. The van der Waals surface area contributed by atoms with Gasteiger partial charge in [-0.15, -0.1) is 24.0 Å². The quantitative estimate of drug-likeness (QED) is 0.297. The zero-order valence-electron chi connectivity index (χ0n) is 20.6. The van der Waals surface area contributed by atoms with Gasteiger partial charge < -0.3 is 15.5 Å². The maximum Gasteiger partial charge on any atom is 0.191 e. The molecule has 1 atom stereocenters. The third kappa shape index (κ3) is 6.86. The van der Waals surface area contributed by atoms with E-state index in [1.807, 2.05) is 18.8 Å². The SMILES string of the molecule is CN=C(NCc1ccc(N(C)C2CCCCC2)cc1)NC(C)Cc1c(C)nn(C)c1C.I. The van der Waals surface area contributed by atoms with Crippen molar-refractivity contribution in [1.29, 1.82) is 0 Å². The van der Waals surface area contributed by atoms with Crippen molar-refractivity contribution < 1.29 is 0 Å². The summed E-state index contributed by atoms with van der Waals surface area (Å²) < 4.78 is 1.96. The van der Waals surface area contributed by atoms with E-state index in [0.717, 1.165) is 24.6 Å². The van der Waals surface area contributed by atoms with Crippen molar-refractivity contribution in [2.45, 2.75) is 77.9 Å². The Balaban J connectivity index is 0.00000363. The van der Waals surface area contributed by atoms with E-state index < -0.39 is 0 Å². The molecule has 0 amide bonds. The standard InChI is InChI=1S/C25H40N6.HI/c1-18(16-24-19(2)29-31(6)20(24)3)28-25(26-4)27-17-21-12-14-23(15-13-21)30(5)22-10-8-7-9-11-22;/h12-15,18,22H,7-11,16-17H2,1-6H3,(H2,26,27,28);1H. The van der Waals surface area contributed by atoms with Crippen LogP contribution in [0.4, 0.5) is 5.69 Å². The first-order valence-corrected chi connectivity index (χ1v) is 11.7. The number of nitrogens with one attached hydrogen (secondary N) is 2. The average molecular weight is 553 g/mol. The number of guanidine groups is 1. The van der Waals surface area contributed by atoms with Crippen molar-refractivity contribution in [2.24, 2.45) is 12.0 Å². The fraction of sp³-hybridized carbons (Fsp3) is 0.600. The first-order chi connectivity index (χ1) is 14.9. The fourth-order valence-electron chi connectivity index (χ4n) is 4.61. The van der Waals surface area contributed by atoms with Crippen molar-refractivity contribution in [1.82, 2.24) is 20.4 Å². The van der Waals surface area contributed by atoms with Crippen LogP contribution in [-0.2, 0) is 20.0 Å². The van der Waals surface area contributed by atoms with Gasteiger partial charge in [0, 0.05) is 51.2 Å². The highest BCUT2D eigenvalue weighted by molar-refractivity contribution is 14.0. The van der Waals surface area contributed by atoms with Crippen molar-refractivity contribution in [3.05, 3.63) is 46.8 Å². The Hall–Kier alpha value is -1.77. The molecule has 1 aliphatic carbocycles. The van der Waals surface area contributed by atoms with E-state index in [9.17, 15) is 0 Å². The molecule has 0 spiro atoms. The highest BCUT2D eigenvalue weighted by atomic mass is 127. The van der Waals surface area contributed by atoms with E-state index in [2.05, 4.69) is 77.7 Å². The molecular formula is C25H41IN6. The van der Waals surface area contributed by atoms with Crippen molar-refractivity contribution >= 4 is 35.6 Å². The number of anilines is 1. The van der Waals surface area contributed by atoms with Crippen LogP contribution in [0, 0.1) is 13.8 Å². The summed E-state index contributed by atoms with van der Waals surface area (Å²) in [6.45, 7) is 7.15. The van der Waals surface area contributed by atoms with Gasteiger partial charge in [0.05, 0.1) is 5.69 Å². The number of hydrogen-bond donors (Lipinski definition) is 2. The van der Waals surface area contributed by atoms with Crippen LogP contribution in [-0.4, -0.2) is 41.9 Å². The fourth-order valence-corrected chi connectivity index (χ4v) is 4.61. The second kappa shape index (κ2) is 12.5. The molecule has 1 aromatic carbocycles. The summed E-state index contributed by atoms with van der Waals surface area (Å²) in [6, 6.07) is 9.90. The van der Waals surface area contributed by atoms with Crippen LogP contribution in [0.1, 0.15) is 61.5 Å². The zero-order chi connectivity index (χ0) is 22.4. The van der Waals surface area contributed by atoms with Gasteiger partial charge in [0.1, 0.15) is 0 Å². The summed E-state index contributed by atoms with van der Waals surface area (Å²) >= 11 is 0. The number of aryl methyl sites for hydroxylation is 2. The van der Waals surface area contributed by atoms with E-state index in [0.29, 0.717) is 6.04 Å². The molecule has 6 nitrogen and oxygen atoms in total. The van der Waals surface area contributed by atoms with Crippen LogP contribution < -0.4 is 15.5 Å².